The van der Waals surface area contributed by atoms with E-state index in [1.54, 1.807) is 7.28 Å². The monoisotopic (exact) mass is 305 g/mol. The van der Waals surface area contributed by atoms with Crippen molar-refractivity contribution in [2.75, 3.05) is 12.3 Å². The number of aliphatic hydroxyl groups excluding tert-OH is 2. The third-order valence-corrected chi connectivity index (χ3v) is 4.17. The van der Waals surface area contributed by atoms with Gasteiger partial charge in [-0.3, -0.25) is 0 Å². The fraction of sp³-hybridized carbons (Fsp3) is 0.455. The van der Waals surface area contributed by atoms with Crippen LogP contribution in [0, 0.1) is 0 Å². The molecule has 1 radical (unpaired) electrons. The summed E-state index contributed by atoms with van der Waals surface area (Å²) in [4.78, 5) is 19.3. The van der Waals surface area contributed by atoms with Crippen molar-refractivity contribution in [1.29, 1.82) is 0 Å². The Morgan fingerprint density at radius 1 is 1.59 bits per heavy atom. The summed E-state index contributed by atoms with van der Waals surface area (Å²) in [6, 6.07) is 0. The van der Waals surface area contributed by atoms with Crippen molar-refractivity contribution in [3.05, 3.63) is 12.7 Å². The second-order valence-electron chi connectivity index (χ2n) is 5.34. The molecule has 4 rings (SSSR count). The van der Waals surface area contributed by atoms with E-state index in [0.29, 0.717) is 0 Å². The second-order valence-corrected chi connectivity index (χ2v) is 5.34. The molecule has 0 spiro atoms. The fourth-order valence-corrected chi connectivity index (χ4v) is 3.08. The first kappa shape index (κ1) is 13.4. The van der Waals surface area contributed by atoms with Gasteiger partial charge in [-0.15, -0.1) is 0 Å². The first-order valence-electron chi connectivity index (χ1n) is 6.59. The third-order valence-electron chi connectivity index (χ3n) is 4.17. The Hall–Kier alpha value is -2.24. The van der Waals surface area contributed by atoms with Crippen LogP contribution < -0.4 is 10.3 Å². The van der Waals surface area contributed by atoms with Gasteiger partial charge in [0.25, 0.3) is 0 Å². The molecular weight excluding hydrogens is 293 g/mol. The molecule has 5 N–H and O–H groups in total. The van der Waals surface area contributed by atoms with E-state index in [9.17, 15) is 20.1 Å². The molecule has 2 aromatic rings. The van der Waals surface area contributed by atoms with Crippen LogP contribution in [0.25, 0.3) is 11.2 Å². The van der Waals surface area contributed by atoms with Crippen molar-refractivity contribution in [1.82, 2.24) is 14.5 Å². The first-order chi connectivity index (χ1) is 10.5. The number of nitrogens with zero attached hydrogens (tertiary/aromatic N) is 4. The third kappa shape index (κ3) is 1.50. The Labute approximate surface area is 124 Å². The molecule has 0 unspecified atom stereocenters. The molecule has 0 aromatic carbocycles. The molecule has 2 aliphatic heterocycles. The minimum Gasteiger partial charge on any atom is -0.453 e. The molecule has 0 aliphatic carbocycles. The summed E-state index contributed by atoms with van der Waals surface area (Å²) in [6.07, 6.45) is -0.314. The zero-order valence-corrected chi connectivity index (χ0v) is 11.2. The molecule has 10 nitrogen and oxygen atoms in total. The lowest BCUT2D eigenvalue weighted by Gasteiger charge is -2.17. The largest absolute Gasteiger partial charge is 0.478 e. The summed E-state index contributed by atoms with van der Waals surface area (Å²) >= 11 is 0. The molecule has 2 aromatic heterocycles. The Morgan fingerprint density at radius 2 is 2.36 bits per heavy atom. The first-order valence-corrected chi connectivity index (χ1v) is 6.59. The van der Waals surface area contributed by atoms with Crippen LogP contribution in [0.4, 0.5) is 10.6 Å². The number of hydrogen-bond acceptors (Lipinski definition) is 7. The fourth-order valence-electron chi connectivity index (χ4n) is 3.08. The normalized spacial score (nSPS) is 32.7. The minimum atomic E-state index is -1.24. The number of aliphatic hydroxyl groups is 2. The number of fused-ring (bicyclic) bond motifs is 2. The van der Waals surface area contributed by atoms with E-state index in [-0.39, 0.29) is 29.4 Å². The second kappa shape index (κ2) is 4.15. The maximum atomic E-state index is 11.4. The molecule has 4 atom stereocenters. The van der Waals surface area contributed by atoms with Crippen molar-refractivity contribution in [2.24, 2.45) is 0 Å². The average molecular weight is 305 g/mol. The van der Waals surface area contributed by atoms with Gasteiger partial charge in [0.1, 0.15) is 6.10 Å². The highest BCUT2D eigenvalue weighted by atomic mass is 16.6. The van der Waals surface area contributed by atoms with Crippen LogP contribution in [0.2, 0.25) is 5.82 Å². The van der Waals surface area contributed by atoms with Crippen LogP contribution in [-0.2, 0) is 10.4 Å². The van der Waals surface area contributed by atoms with E-state index < -0.39 is 23.9 Å². The number of hydrogen-bond donors (Lipinski definition) is 4. The van der Waals surface area contributed by atoms with Gasteiger partial charge in [-0.1, -0.05) is 4.98 Å². The van der Waals surface area contributed by atoms with Gasteiger partial charge in [0.05, 0.1) is 12.7 Å². The molecule has 2 aliphatic rings. The number of carbonyl (C=O) groups is 1. The lowest BCUT2D eigenvalue weighted by molar-refractivity contribution is -0.747. The molecule has 11 heteroatoms. The standard InChI is InChI=1S/C11H11BN5O5/c13-8-5-9(15-2-14-8)17(3-16(5)10(20)21)11-7(12-11)6(19)4(1-18)22-11/h2-4,6-7,18-19H,1H2,(H2-,13,14,15,20,21)/p+1/t4-,6-,7-,11+/m1/s1. The topological polar surface area (TPSA) is 148 Å². The minimum absolute atomic E-state index is 0.0250. The van der Waals surface area contributed by atoms with Crippen molar-refractivity contribution in [2.45, 2.75) is 23.6 Å². The number of anilines is 1. The number of nitrogen functional groups attached to an aromatic ring is 1. The predicted octanol–water partition coefficient (Wildman–Crippen LogP) is -2.30. The molecule has 22 heavy (non-hydrogen) atoms. The van der Waals surface area contributed by atoms with E-state index in [1.165, 1.54) is 17.2 Å². The summed E-state index contributed by atoms with van der Waals surface area (Å²) in [5, 5.41) is 28.6. The molecule has 4 heterocycles. The van der Waals surface area contributed by atoms with Crippen molar-refractivity contribution in [3.63, 3.8) is 0 Å². The highest BCUT2D eigenvalue weighted by molar-refractivity contribution is 6.54. The van der Waals surface area contributed by atoms with Gasteiger partial charge in [-0.2, -0.15) is 9.55 Å². The zero-order chi connectivity index (χ0) is 15.6. The maximum absolute atomic E-state index is 11.4. The van der Waals surface area contributed by atoms with Crippen LogP contribution in [0.5, 0.6) is 0 Å². The van der Waals surface area contributed by atoms with Crippen molar-refractivity contribution < 1.29 is 29.4 Å². The zero-order valence-electron chi connectivity index (χ0n) is 11.2. The predicted molar refractivity (Wildman–Crippen MR) is 71.0 cm³/mol. The van der Waals surface area contributed by atoms with Crippen LogP contribution >= 0.6 is 0 Å². The van der Waals surface area contributed by atoms with Crippen LogP contribution in [-0.4, -0.2) is 62.0 Å². The lowest BCUT2D eigenvalue weighted by atomic mass is 9.93. The Morgan fingerprint density at radius 3 is 3.00 bits per heavy atom. The molecule has 2 fully saturated rings. The van der Waals surface area contributed by atoms with Gasteiger partial charge in [-0.05, 0) is 0 Å². The van der Waals surface area contributed by atoms with E-state index >= 15 is 0 Å². The maximum Gasteiger partial charge on any atom is 0.478 e. The van der Waals surface area contributed by atoms with Gasteiger partial charge in [0, 0.05) is 5.82 Å². The Bertz CT molecular complexity index is 797. The summed E-state index contributed by atoms with van der Waals surface area (Å²) < 4.78 is 8.12. The highest BCUT2D eigenvalue weighted by Gasteiger charge is 2.72. The van der Waals surface area contributed by atoms with Crippen molar-refractivity contribution in [3.8, 4) is 0 Å². The van der Waals surface area contributed by atoms with Crippen molar-refractivity contribution >= 4 is 30.4 Å². The number of ether oxygens (including phenoxy) is 1. The van der Waals surface area contributed by atoms with E-state index in [4.69, 9.17) is 10.5 Å². The van der Waals surface area contributed by atoms with Gasteiger partial charge in [0.15, 0.2) is 17.8 Å². The van der Waals surface area contributed by atoms with Gasteiger partial charge in [0.2, 0.25) is 19.1 Å². The number of nitrogens with two attached hydrogens (primary N) is 1. The molecule has 2 saturated heterocycles. The molecule has 0 saturated carbocycles. The number of carboxylic acid groups (broad SMARTS) is 1. The average Bonchev–Trinajstić information content (AvgIpc) is 2.95. The van der Waals surface area contributed by atoms with E-state index in [1.807, 2.05) is 0 Å². The van der Waals surface area contributed by atoms with Crippen LogP contribution in [0.15, 0.2) is 12.7 Å². The van der Waals surface area contributed by atoms with E-state index in [2.05, 4.69) is 9.97 Å². The van der Waals surface area contributed by atoms with Crippen LogP contribution in [0.3, 0.4) is 0 Å². The summed E-state index contributed by atoms with van der Waals surface area (Å²) in [6.45, 7) is -0.331. The molecule has 113 valence electrons. The Balaban J connectivity index is 1.91. The van der Waals surface area contributed by atoms with E-state index in [0.717, 1.165) is 4.57 Å². The quantitative estimate of drug-likeness (QED) is 0.357. The molecule has 0 amide bonds. The molecule has 0 bridgehead atoms. The number of rotatable bonds is 2. The summed E-state index contributed by atoms with van der Waals surface area (Å²) in [7, 11) is 1.73. The van der Waals surface area contributed by atoms with Gasteiger partial charge >= 0.3 is 11.7 Å². The SMILES string of the molecule is Nc1ncnc2c1n(C(=O)O)c[n+]2[C@@]12[B][C@@H]1[C@H](O)[C@@H](CO)O2. The number of aromatic nitrogens is 4. The van der Waals surface area contributed by atoms with Crippen LogP contribution in [0.1, 0.15) is 0 Å². The highest BCUT2D eigenvalue weighted by Crippen LogP contribution is 2.54. The lowest BCUT2D eigenvalue weighted by Crippen LogP contribution is -2.50. The van der Waals surface area contributed by atoms with Gasteiger partial charge in [-0.25, -0.2) is 9.36 Å². The molecular formula is C11H12BN5O5+. The van der Waals surface area contributed by atoms with Gasteiger partial charge < -0.3 is 25.8 Å². The smallest absolute Gasteiger partial charge is 0.453 e. The summed E-state index contributed by atoms with van der Waals surface area (Å²) in [5.74, 6) is -0.323. The Kier molecular flexibility index (Phi) is 2.53. The number of imidazole rings is 1. The summed E-state index contributed by atoms with van der Waals surface area (Å²) in [5.41, 5.74) is 5.16.